The van der Waals surface area contributed by atoms with Crippen molar-refractivity contribution in [2.24, 2.45) is 5.92 Å². The molecular weight excluding hydrogens is 486 g/mol. The molecule has 0 bridgehead atoms. The van der Waals surface area contributed by atoms with Crippen LogP contribution in [-0.4, -0.2) is 63.3 Å². The number of aryl methyl sites for hydroxylation is 1. The maximum atomic E-state index is 12.5. The predicted molar refractivity (Wildman–Crippen MR) is 141 cm³/mol. The molecule has 0 atom stereocenters. The molecule has 1 saturated heterocycles. The molecule has 1 aliphatic heterocycles. The first-order valence-electron chi connectivity index (χ1n) is 12.8. The molecule has 3 aromatic rings. The van der Waals surface area contributed by atoms with Crippen LogP contribution in [0.1, 0.15) is 52.9 Å². The zero-order valence-electron chi connectivity index (χ0n) is 21.7. The number of amides is 1. The number of anilines is 1. The van der Waals surface area contributed by atoms with Gasteiger partial charge in [0.1, 0.15) is 18.1 Å². The van der Waals surface area contributed by atoms with E-state index < -0.39 is 11.9 Å². The van der Waals surface area contributed by atoms with Crippen LogP contribution < -0.4 is 10.2 Å². The second-order valence-corrected chi connectivity index (χ2v) is 9.44. The van der Waals surface area contributed by atoms with Gasteiger partial charge < -0.3 is 25.2 Å². The number of piperidine rings is 1. The van der Waals surface area contributed by atoms with E-state index in [1.54, 1.807) is 26.1 Å². The summed E-state index contributed by atoms with van der Waals surface area (Å²) in [6.07, 6.45) is 6.39. The zero-order valence-corrected chi connectivity index (χ0v) is 21.7. The summed E-state index contributed by atoms with van der Waals surface area (Å²) < 4.78 is 4.82. The van der Waals surface area contributed by atoms with Gasteiger partial charge >= 0.3 is 5.97 Å². The number of benzene rings is 1. The number of hydrogen-bond donors (Lipinski definition) is 3. The number of ether oxygens (including phenoxy) is 1. The molecule has 0 aliphatic carbocycles. The number of carbonyl (C=O) groups is 2. The molecule has 3 heterocycles. The number of aromatic hydroxyl groups is 2. The monoisotopic (exact) mass is 519 g/mol. The van der Waals surface area contributed by atoms with Crippen LogP contribution in [0.4, 0.5) is 5.69 Å². The van der Waals surface area contributed by atoms with Crippen LogP contribution in [0.2, 0.25) is 0 Å². The van der Waals surface area contributed by atoms with Gasteiger partial charge in [0.15, 0.2) is 11.4 Å². The van der Waals surface area contributed by atoms with Gasteiger partial charge in [0.25, 0.3) is 5.91 Å². The highest BCUT2D eigenvalue weighted by molar-refractivity contribution is 5.96. The lowest BCUT2D eigenvalue weighted by Gasteiger charge is -2.33. The van der Waals surface area contributed by atoms with Crippen molar-refractivity contribution in [1.29, 1.82) is 0 Å². The third kappa shape index (κ3) is 6.96. The van der Waals surface area contributed by atoms with Crippen molar-refractivity contribution < 1.29 is 24.5 Å². The molecule has 0 radical (unpaired) electrons. The smallest absolute Gasteiger partial charge is 0.325 e. The Bertz CT molecular complexity index is 1270. The maximum Gasteiger partial charge on any atom is 0.325 e. The molecule has 1 aromatic carbocycles. The maximum absolute atomic E-state index is 12.5. The lowest BCUT2D eigenvalue weighted by atomic mass is 9.92. The number of hydrogen-bond acceptors (Lipinski definition) is 9. The Morgan fingerprint density at radius 2 is 1.82 bits per heavy atom. The minimum Gasteiger partial charge on any atom is -0.506 e. The van der Waals surface area contributed by atoms with E-state index in [-0.39, 0.29) is 30.3 Å². The van der Waals surface area contributed by atoms with Crippen LogP contribution in [0.3, 0.4) is 0 Å². The Morgan fingerprint density at radius 3 is 2.50 bits per heavy atom. The molecule has 2 aromatic heterocycles. The molecule has 3 N–H and O–H groups in total. The highest BCUT2D eigenvalue weighted by Gasteiger charge is 2.23. The van der Waals surface area contributed by atoms with Crippen LogP contribution in [0.25, 0.3) is 0 Å². The predicted octanol–water partition coefficient (Wildman–Crippen LogP) is 2.93. The molecule has 1 aliphatic rings. The Kier molecular flexibility index (Phi) is 8.73. The quantitative estimate of drug-likeness (QED) is 0.364. The molecule has 4 rings (SSSR count). The van der Waals surface area contributed by atoms with Gasteiger partial charge in [-0.3, -0.25) is 14.6 Å². The lowest BCUT2D eigenvalue weighted by Crippen LogP contribution is -2.34. The van der Waals surface area contributed by atoms with Gasteiger partial charge in [0, 0.05) is 31.4 Å². The fraction of sp³-hybridized carbons (Fsp3) is 0.393. The molecule has 0 spiro atoms. The molecule has 10 nitrogen and oxygen atoms in total. The largest absolute Gasteiger partial charge is 0.506 e. The van der Waals surface area contributed by atoms with Gasteiger partial charge in [-0.2, -0.15) is 0 Å². The summed E-state index contributed by atoms with van der Waals surface area (Å²) >= 11 is 0. The number of esters is 1. The van der Waals surface area contributed by atoms with Gasteiger partial charge in [-0.05, 0) is 68.4 Å². The van der Waals surface area contributed by atoms with Gasteiger partial charge in [0.05, 0.1) is 18.5 Å². The summed E-state index contributed by atoms with van der Waals surface area (Å²) in [4.78, 5) is 39.2. The fourth-order valence-corrected chi connectivity index (χ4v) is 4.61. The van der Waals surface area contributed by atoms with Crippen LogP contribution in [0, 0.1) is 12.8 Å². The number of pyridine rings is 1. The number of nitrogens with zero attached hydrogens (tertiary/aromatic N) is 4. The van der Waals surface area contributed by atoms with E-state index in [0.29, 0.717) is 30.3 Å². The van der Waals surface area contributed by atoms with Crippen LogP contribution in [-0.2, 0) is 22.4 Å². The molecule has 0 unspecified atom stereocenters. The standard InChI is InChI=1S/C28H33N5O5/c1-3-38-25(35)17-30-28(37)26-27(36)18(2)31-24(32-26)14-20-8-10-33(11-9-20)22-6-4-19(5-7-22)12-21-13-23(34)16-29-15-21/h4-7,13,15-16,20,34,36H,3,8-12,14,17H2,1-2H3,(H,30,37). The summed E-state index contributed by atoms with van der Waals surface area (Å²) in [7, 11) is 0. The van der Waals surface area contributed by atoms with E-state index in [9.17, 15) is 19.8 Å². The Morgan fingerprint density at radius 1 is 1.08 bits per heavy atom. The van der Waals surface area contributed by atoms with E-state index in [2.05, 4.69) is 49.4 Å². The van der Waals surface area contributed by atoms with Crippen molar-refractivity contribution in [2.45, 2.75) is 39.5 Å². The molecule has 0 saturated carbocycles. The van der Waals surface area contributed by atoms with Crippen LogP contribution in [0.15, 0.2) is 42.7 Å². The summed E-state index contributed by atoms with van der Waals surface area (Å²) in [5.74, 6) is -0.450. The summed E-state index contributed by atoms with van der Waals surface area (Å²) in [6, 6.07) is 10.2. The average molecular weight is 520 g/mol. The van der Waals surface area contributed by atoms with Gasteiger partial charge in [-0.1, -0.05) is 12.1 Å². The molecule has 10 heteroatoms. The molecular formula is C28H33N5O5. The van der Waals surface area contributed by atoms with Crippen molar-refractivity contribution in [3.63, 3.8) is 0 Å². The molecule has 200 valence electrons. The number of carbonyl (C=O) groups excluding carboxylic acids is 2. The molecule has 38 heavy (non-hydrogen) atoms. The van der Waals surface area contributed by atoms with Crippen LogP contribution in [0.5, 0.6) is 11.5 Å². The number of nitrogens with one attached hydrogen (secondary N) is 1. The molecule has 1 fully saturated rings. The summed E-state index contributed by atoms with van der Waals surface area (Å²) in [5, 5.41) is 22.4. The van der Waals surface area contributed by atoms with Crippen molar-refractivity contribution >= 4 is 17.6 Å². The van der Waals surface area contributed by atoms with Gasteiger partial charge in [-0.15, -0.1) is 0 Å². The third-order valence-corrected chi connectivity index (χ3v) is 6.59. The normalized spacial score (nSPS) is 13.8. The van der Waals surface area contributed by atoms with E-state index >= 15 is 0 Å². The van der Waals surface area contributed by atoms with Crippen molar-refractivity contribution in [3.8, 4) is 11.5 Å². The first-order chi connectivity index (χ1) is 18.3. The summed E-state index contributed by atoms with van der Waals surface area (Å²) in [6.45, 7) is 5.03. The average Bonchev–Trinajstić information content (AvgIpc) is 2.90. The summed E-state index contributed by atoms with van der Waals surface area (Å²) in [5.41, 5.74) is 3.48. The topological polar surface area (TPSA) is 138 Å². The Balaban J connectivity index is 1.32. The Hall–Kier alpha value is -4.21. The van der Waals surface area contributed by atoms with E-state index in [1.165, 1.54) is 11.9 Å². The van der Waals surface area contributed by atoms with Gasteiger partial charge in [0.2, 0.25) is 0 Å². The second kappa shape index (κ2) is 12.4. The van der Waals surface area contributed by atoms with Gasteiger partial charge in [-0.25, -0.2) is 9.97 Å². The van der Waals surface area contributed by atoms with Crippen molar-refractivity contribution in [2.75, 3.05) is 31.1 Å². The highest BCUT2D eigenvalue weighted by Crippen LogP contribution is 2.27. The number of rotatable bonds is 9. The minimum atomic E-state index is -0.638. The fourth-order valence-electron chi connectivity index (χ4n) is 4.61. The first-order valence-corrected chi connectivity index (χ1v) is 12.8. The minimum absolute atomic E-state index is 0.129. The Labute approximate surface area is 221 Å². The van der Waals surface area contributed by atoms with Crippen molar-refractivity contribution in [3.05, 3.63) is 71.1 Å². The highest BCUT2D eigenvalue weighted by atomic mass is 16.5. The SMILES string of the molecule is CCOC(=O)CNC(=O)c1nc(CC2CCN(c3ccc(Cc4cncc(O)c4)cc3)CC2)nc(C)c1O. The first kappa shape index (κ1) is 26.8. The van der Waals surface area contributed by atoms with E-state index in [0.717, 1.165) is 37.1 Å². The lowest BCUT2D eigenvalue weighted by molar-refractivity contribution is -0.141. The van der Waals surface area contributed by atoms with Crippen molar-refractivity contribution in [1.82, 2.24) is 20.3 Å². The third-order valence-electron chi connectivity index (χ3n) is 6.59. The van der Waals surface area contributed by atoms with E-state index in [1.807, 2.05) is 0 Å². The number of aromatic nitrogens is 3. The zero-order chi connectivity index (χ0) is 27.1. The molecule has 1 amide bonds. The van der Waals surface area contributed by atoms with Crippen LogP contribution >= 0.6 is 0 Å². The van der Waals surface area contributed by atoms with E-state index in [4.69, 9.17) is 4.74 Å². The second-order valence-electron chi connectivity index (χ2n) is 9.44.